The van der Waals surface area contributed by atoms with Gasteiger partial charge in [-0.2, -0.15) is 0 Å². The summed E-state index contributed by atoms with van der Waals surface area (Å²) in [5.74, 6) is 1.36. The normalized spacial score (nSPS) is 23.9. The van der Waals surface area contributed by atoms with Gasteiger partial charge in [0.25, 0.3) is 0 Å². The van der Waals surface area contributed by atoms with Crippen molar-refractivity contribution in [1.29, 1.82) is 0 Å². The summed E-state index contributed by atoms with van der Waals surface area (Å²) in [6.07, 6.45) is 10.6. The lowest BCUT2D eigenvalue weighted by Crippen LogP contribution is -2.35. The van der Waals surface area contributed by atoms with Crippen LogP contribution in [-0.4, -0.2) is 23.2 Å². The first kappa shape index (κ1) is 16.1. The molecule has 1 amide bonds. The standard InChI is InChI=1S/C19H25NO3/c1-19(13-21)10-9-15-12-16(7-8-17(15)23-19)20-18(22)11-14-5-3-2-4-6-14/h7-10,12,14,21H,2-6,11,13H2,1H3,(H,20,22). The number of ether oxygens (including phenoxy) is 1. The monoisotopic (exact) mass is 315 g/mol. The molecule has 1 heterocycles. The van der Waals surface area contributed by atoms with Gasteiger partial charge >= 0.3 is 0 Å². The summed E-state index contributed by atoms with van der Waals surface area (Å²) in [5, 5.41) is 12.4. The second-order valence-corrected chi connectivity index (χ2v) is 6.92. The number of aliphatic hydroxyl groups excluding tert-OH is 1. The molecule has 1 unspecified atom stereocenters. The molecule has 1 fully saturated rings. The van der Waals surface area contributed by atoms with Crippen molar-refractivity contribution < 1.29 is 14.6 Å². The smallest absolute Gasteiger partial charge is 0.224 e. The number of carbonyl (C=O) groups excluding carboxylic acids is 1. The topological polar surface area (TPSA) is 58.6 Å². The lowest BCUT2D eigenvalue weighted by atomic mass is 9.87. The van der Waals surface area contributed by atoms with Crippen LogP contribution in [0.3, 0.4) is 0 Å². The van der Waals surface area contributed by atoms with Gasteiger partial charge in [-0.1, -0.05) is 25.3 Å². The van der Waals surface area contributed by atoms with Crippen molar-refractivity contribution in [3.63, 3.8) is 0 Å². The Kier molecular flexibility index (Phi) is 4.71. The Labute approximate surface area is 137 Å². The minimum atomic E-state index is -0.668. The van der Waals surface area contributed by atoms with E-state index in [4.69, 9.17) is 4.74 Å². The largest absolute Gasteiger partial charge is 0.480 e. The highest BCUT2D eigenvalue weighted by molar-refractivity contribution is 5.91. The van der Waals surface area contributed by atoms with E-state index in [1.807, 2.05) is 37.3 Å². The van der Waals surface area contributed by atoms with Crippen LogP contribution in [0, 0.1) is 5.92 Å². The third-order valence-corrected chi connectivity index (χ3v) is 4.76. The number of rotatable bonds is 4. The number of carbonyl (C=O) groups is 1. The Balaban J connectivity index is 1.63. The van der Waals surface area contributed by atoms with Crippen molar-refractivity contribution in [2.45, 2.75) is 51.0 Å². The van der Waals surface area contributed by atoms with Gasteiger partial charge in [-0.05, 0) is 50.0 Å². The summed E-state index contributed by atoms with van der Waals surface area (Å²) in [6.45, 7) is 1.77. The predicted molar refractivity (Wildman–Crippen MR) is 91.4 cm³/mol. The van der Waals surface area contributed by atoms with E-state index >= 15 is 0 Å². The van der Waals surface area contributed by atoms with Crippen LogP contribution in [0.15, 0.2) is 24.3 Å². The maximum absolute atomic E-state index is 12.2. The van der Waals surface area contributed by atoms with Crippen LogP contribution in [0.5, 0.6) is 5.75 Å². The van der Waals surface area contributed by atoms with Crippen molar-refractivity contribution in [2.75, 3.05) is 11.9 Å². The van der Waals surface area contributed by atoms with E-state index in [0.717, 1.165) is 17.0 Å². The van der Waals surface area contributed by atoms with Gasteiger partial charge in [0.05, 0.1) is 6.61 Å². The molecule has 1 aliphatic carbocycles. The van der Waals surface area contributed by atoms with E-state index in [-0.39, 0.29) is 12.5 Å². The van der Waals surface area contributed by atoms with Crippen LogP contribution >= 0.6 is 0 Å². The van der Waals surface area contributed by atoms with Gasteiger partial charge in [0, 0.05) is 17.7 Å². The summed E-state index contributed by atoms with van der Waals surface area (Å²) >= 11 is 0. The van der Waals surface area contributed by atoms with E-state index < -0.39 is 5.60 Å². The van der Waals surface area contributed by atoms with E-state index in [2.05, 4.69) is 5.32 Å². The van der Waals surface area contributed by atoms with E-state index in [1.165, 1.54) is 32.1 Å². The zero-order valence-electron chi connectivity index (χ0n) is 13.7. The number of hydrogen-bond donors (Lipinski definition) is 2. The van der Waals surface area contributed by atoms with E-state index in [0.29, 0.717) is 12.3 Å². The Morgan fingerprint density at radius 2 is 2.13 bits per heavy atom. The maximum atomic E-state index is 12.2. The van der Waals surface area contributed by atoms with E-state index in [9.17, 15) is 9.90 Å². The molecule has 2 N–H and O–H groups in total. The highest BCUT2D eigenvalue weighted by Gasteiger charge is 2.26. The molecule has 1 aromatic rings. The Bertz CT molecular complexity index is 605. The van der Waals surface area contributed by atoms with E-state index in [1.54, 1.807) is 0 Å². The zero-order valence-corrected chi connectivity index (χ0v) is 13.7. The summed E-state index contributed by atoms with van der Waals surface area (Å²) in [6, 6.07) is 5.62. The fraction of sp³-hybridized carbons (Fsp3) is 0.526. The predicted octanol–water partition coefficient (Wildman–Crippen LogP) is 3.75. The molecule has 23 heavy (non-hydrogen) atoms. The highest BCUT2D eigenvalue weighted by atomic mass is 16.5. The summed E-state index contributed by atoms with van der Waals surface area (Å²) in [5.41, 5.74) is 1.05. The van der Waals surface area contributed by atoms with Crippen molar-refractivity contribution in [3.8, 4) is 5.75 Å². The van der Waals surface area contributed by atoms with Gasteiger partial charge in [-0.3, -0.25) is 4.79 Å². The molecule has 4 nitrogen and oxygen atoms in total. The molecule has 0 spiro atoms. The Morgan fingerprint density at radius 1 is 1.35 bits per heavy atom. The number of anilines is 1. The first-order valence-electron chi connectivity index (χ1n) is 8.51. The molecular formula is C19H25NO3. The fourth-order valence-corrected chi connectivity index (χ4v) is 3.35. The number of hydrogen-bond acceptors (Lipinski definition) is 3. The first-order chi connectivity index (χ1) is 11.1. The highest BCUT2D eigenvalue weighted by Crippen LogP contribution is 2.33. The molecule has 0 bridgehead atoms. The minimum absolute atomic E-state index is 0.0667. The van der Waals surface area contributed by atoms with Gasteiger partial charge < -0.3 is 15.2 Å². The third-order valence-electron chi connectivity index (χ3n) is 4.76. The SMILES string of the molecule is CC1(CO)C=Cc2cc(NC(=O)CC3CCCCC3)ccc2O1. The first-order valence-corrected chi connectivity index (χ1v) is 8.51. The molecule has 1 aliphatic heterocycles. The Hall–Kier alpha value is -1.81. The van der Waals surface area contributed by atoms with Gasteiger partial charge in [0.15, 0.2) is 0 Å². The Morgan fingerprint density at radius 3 is 2.87 bits per heavy atom. The van der Waals surface area contributed by atoms with Gasteiger partial charge in [0.1, 0.15) is 11.4 Å². The molecule has 4 heteroatoms. The van der Waals surface area contributed by atoms with Crippen LogP contribution in [0.2, 0.25) is 0 Å². The fourth-order valence-electron chi connectivity index (χ4n) is 3.35. The lowest BCUT2D eigenvalue weighted by Gasteiger charge is -2.30. The van der Waals surface area contributed by atoms with Crippen molar-refractivity contribution in [1.82, 2.24) is 0 Å². The van der Waals surface area contributed by atoms with Gasteiger partial charge in [-0.25, -0.2) is 0 Å². The molecule has 2 aliphatic rings. The van der Waals surface area contributed by atoms with Gasteiger partial charge in [-0.15, -0.1) is 0 Å². The molecule has 124 valence electrons. The molecule has 1 aromatic carbocycles. The number of benzene rings is 1. The number of amides is 1. The van der Waals surface area contributed by atoms with Crippen LogP contribution in [0.4, 0.5) is 5.69 Å². The van der Waals surface area contributed by atoms with Crippen LogP contribution in [0.1, 0.15) is 51.0 Å². The molecule has 3 rings (SSSR count). The second kappa shape index (κ2) is 6.75. The maximum Gasteiger partial charge on any atom is 0.224 e. The van der Waals surface area contributed by atoms with Gasteiger partial charge in [0.2, 0.25) is 5.91 Å². The molecule has 0 saturated heterocycles. The third kappa shape index (κ3) is 3.94. The molecule has 0 aromatic heterocycles. The quantitative estimate of drug-likeness (QED) is 0.889. The second-order valence-electron chi connectivity index (χ2n) is 6.92. The van der Waals surface area contributed by atoms with Crippen molar-refractivity contribution in [3.05, 3.63) is 29.8 Å². The number of fused-ring (bicyclic) bond motifs is 1. The molecule has 0 radical (unpaired) electrons. The molecule has 1 atom stereocenters. The lowest BCUT2D eigenvalue weighted by molar-refractivity contribution is -0.117. The van der Waals surface area contributed by atoms with Crippen LogP contribution in [-0.2, 0) is 4.79 Å². The minimum Gasteiger partial charge on any atom is -0.480 e. The summed E-state index contributed by atoms with van der Waals surface area (Å²) in [7, 11) is 0. The number of nitrogens with one attached hydrogen (secondary N) is 1. The molecular weight excluding hydrogens is 290 g/mol. The molecule has 1 saturated carbocycles. The number of aliphatic hydroxyl groups is 1. The summed E-state index contributed by atoms with van der Waals surface area (Å²) < 4.78 is 5.80. The van der Waals surface area contributed by atoms with Crippen molar-refractivity contribution >= 4 is 17.7 Å². The average molecular weight is 315 g/mol. The van der Waals surface area contributed by atoms with Crippen LogP contribution in [0.25, 0.3) is 6.08 Å². The average Bonchev–Trinajstić information content (AvgIpc) is 2.56. The van der Waals surface area contributed by atoms with Crippen LogP contribution < -0.4 is 10.1 Å². The zero-order chi connectivity index (χ0) is 16.3. The summed E-state index contributed by atoms with van der Waals surface area (Å²) in [4.78, 5) is 12.2. The van der Waals surface area contributed by atoms with Crippen molar-refractivity contribution in [2.24, 2.45) is 5.92 Å².